The molecule has 1 aromatic carbocycles. The number of hydrogen-bond acceptors (Lipinski definition) is 2. The summed E-state index contributed by atoms with van der Waals surface area (Å²) in [6.07, 6.45) is 1.39. The van der Waals surface area contributed by atoms with Crippen LogP contribution in [-0.4, -0.2) is 11.4 Å². The molecule has 1 radical (unpaired) electrons. The lowest BCUT2D eigenvalue weighted by atomic mass is 10.1. The van der Waals surface area contributed by atoms with Crippen LogP contribution in [0, 0.1) is 13.0 Å². The van der Waals surface area contributed by atoms with Crippen molar-refractivity contribution >= 4 is 6.21 Å². The number of rotatable bonds is 1. The summed E-state index contributed by atoms with van der Waals surface area (Å²) in [4.78, 5) is 0. The van der Waals surface area contributed by atoms with Gasteiger partial charge in [0, 0.05) is 0 Å². The fourth-order valence-corrected chi connectivity index (χ4v) is 0.722. The predicted molar refractivity (Wildman–Crippen MR) is 39.4 cm³/mol. The van der Waals surface area contributed by atoms with Crippen LogP contribution in [0.1, 0.15) is 11.1 Å². The Labute approximate surface area is 59.8 Å². The monoisotopic (exact) mass is 134 g/mol. The predicted octanol–water partition coefficient (Wildman–Crippen LogP) is 1.60. The van der Waals surface area contributed by atoms with Gasteiger partial charge in [-0.3, -0.25) is 0 Å². The van der Waals surface area contributed by atoms with E-state index in [-0.39, 0.29) is 0 Å². The van der Waals surface area contributed by atoms with Crippen LogP contribution in [0.5, 0.6) is 0 Å². The average molecular weight is 134 g/mol. The van der Waals surface area contributed by atoms with Crippen LogP contribution in [0.2, 0.25) is 0 Å². The van der Waals surface area contributed by atoms with Crippen LogP contribution in [0.15, 0.2) is 23.4 Å². The van der Waals surface area contributed by atoms with E-state index in [4.69, 9.17) is 5.21 Å². The molecule has 0 aliphatic rings. The summed E-state index contributed by atoms with van der Waals surface area (Å²) >= 11 is 0. The van der Waals surface area contributed by atoms with Crippen molar-refractivity contribution in [1.82, 2.24) is 0 Å². The number of benzene rings is 1. The molecule has 0 saturated carbocycles. The van der Waals surface area contributed by atoms with E-state index in [9.17, 15) is 0 Å². The largest absolute Gasteiger partial charge is 0.411 e. The molecule has 1 aromatic rings. The Morgan fingerprint density at radius 2 is 2.50 bits per heavy atom. The van der Waals surface area contributed by atoms with Crippen LogP contribution in [-0.2, 0) is 0 Å². The number of oxime groups is 1. The molecule has 0 atom stereocenters. The molecule has 0 bridgehead atoms. The average Bonchev–Trinajstić information content (AvgIpc) is 1.94. The SMILES string of the molecule is Cc1cc[c]cc1/C=N\O. The minimum Gasteiger partial charge on any atom is -0.411 e. The van der Waals surface area contributed by atoms with E-state index in [1.165, 1.54) is 6.21 Å². The van der Waals surface area contributed by atoms with Crippen molar-refractivity contribution in [3.05, 3.63) is 35.4 Å². The fraction of sp³-hybridized carbons (Fsp3) is 0.125. The van der Waals surface area contributed by atoms with Crippen LogP contribution >= 0.6 is 0 Å². The second kappa shape index (κ2) is 3.01. The molecule has 0 unspecified atom stereocenters. The highest BCUT2D eigenvalue weighted by molar-refractivity contribution is 5.80. The summed E-state index contributed by atoms with van der Waals surface area (Å²) in [5.74, 6) is 0. The molecule has 0 aromatic heterocycles. The Kier molecular flexibility index (Phi) is 2.05. The highest BCUT2D eigenvalue weighted by atomic mass is 16.4. The third kappa shape index (κ3) is 1.35. The molecule has 2 heteroatoms. The molecule has 1 N–H and O–H groups in total. The van der Waals surface area contributed by atoms with Crippen LogP contribution in [0.25, 0.3) is 0 Å². The molecule has 0 fully saturated rings. The first-order chi connectivity index (χ1) is 4.84. The van der Waals surface area contributed by atoms with Gasteiger partial charge in [0.2, 0.25) is 0 Å². The molecule has 10 heavy (non-hydrogen) atoms. The van der Waals surface area contributed by atoms with Gasteiger partial charge >= 0.3 is 0 Å². The highest BCUT2D eigenvalue weighted by Gasteiger charge is 1.90. The third-order valence-electron chi connectivity index (χ3n) is 1.32. The van der Waals surface area contributed by atoms with E-state index in [2.05, 4.69) is 11.2 Å². The van der Waals surface area contributed by atoms with Gasteiger partial charge in [-0.2, -0.15) is 0 Å². The Bertz CT molecular complexity index is 243. The molecular weight excluding hydrogens is 126 g/mol. The highest BCUT2D eigenvalue weighted by Crippen LogP contribution is 2.02. The third-order valence-corrected chi connectivity index (χ3v) is 1.32. The van der Waals surface area contributed by atoms with Crippen molar-refractivity contribution in [2.45, 2.75) is 6.92 Å². The summed E-state index contributed by atoms with van der Waals surface area (Å²) in [5, 5.41) is 11.1. The minimum absolute atomic E-state index is 0.894. The maximum Gasteiger partial charge on any atom is 0.0736 e. The second-order valence-corrected chi connectivity index (χ2v) is 2.03. The Morgan fingerprint density at radius 3 is 3.10 bits per heavy atom. The van der Waals surface area contributed by atoms with Gasteiger partial charge in [-0.1, -0.05) is 17.3 Å². The van der Waals surface area contributed by atoms with E-state index in [1.807, 2.05) is 19.1 Å². The van der Waals surface area contributed by atoms with Crippen molar-refractivity contribution in [2.24, 2.45) is 5.16 Å². The summed E-state index contributed by atoms with van der Waals surface area (Å²) < 4.78 is 0. The van der Waals surface area contributed by atoms with Crippen LogP contribution < -0.4 is 0 Å². The van der Waals surface area contributed by atoms with Gasteiger partial charge < -0.3 is 5.21 Å². The minimum atomic E-state index is 0.894. The number of nitrogens with zero attached hydrogens (tertiary/aromatic N) is 1. The van der Waals surface area contributed by atoms with E-state index in [0.717, 1.165) is 11.1 Å². The van der Waals surface area contributed by atoms with Crippen LogP contribution in [0.3, 0.4) is 0 Å². The summed E-state index contributed by atoms with van der Waals surface area (Å²) in [5.41, 5.74) is 1.97. The van der Waals surface area contributed by atoms with Crippen molar-refractivity contribution in [3.63, 3.8) is 0 Å². The lowest BCUT2D eigenvalue weighted by Crippen LogP contribution is -1.84. The summed E-state index contributed by atoms with van der Waals surface area (Å²) in [6.45, 7) is 1.95. The normalized spacial score (nSPS) is 10.5. The lowest BCUT2D eigenvalue weighted by molar-refractivity contribution is 0.322. The first-order valence-corrected chi connectivity index (χ1v) is 2.98. The quantitative estimate of drug-likeness (QED) is 0.353. The maximum absolute atomic E-state index is 8.20. The van der Waals surface area contributed by atoms with Gasteiger partial charge in [-0.05, 0) is 30.2 Å². The Morgan fingerprint density at radius 1 is 1.70 bits per heavy atom. The van der Waals surface area contributed by atoms with Crippen molar-refractivity contribution in [1.29, 1.82) is 0 Å². The molecule has 1 rings (SSSR count). The first-order valence-electron chi connectivity index (χ1n) is 2.98. The lowest BCUT2D eigenvalue weighted by Gasteiger charge is -1.94. The zero-order valence-electron chi connectivity index (χ0n) is 5.70. The van der Waals surface area contributed by atoms with Gasteiger partial charge in [0.05, 0.1) is 6.21 Å². The number of hydrogen-bond donors (Lipinski definition) is 1. The maximum atomic E-state index is 8.20. The molecule has 2 nitrogen and oxygen atoms in total. The zero-order valence-corrected chi connectivity index (χ0v) is 5.70. The molecule has 0 saturated heterocycles. The van der Waals surface area contributed by atoms with Gasteiger partial charge in [-0.15, -0.1) is 0 Å². The van der Waals surface area contributed by atoms with Gasteiger partial charge in [0.15, 0.2) is 0 Å². The van der Waals surface area contributed by atoms with E-state index < -0.39 is 0 Å². The van der Waals surface area contributed by atoms with E-state index in [0.29, 0.717) is 0 Å². The molecule has 0 aliphatic carbocycles. The topological polar surface area (TPSA) is 32.6 Å². The van der Waals surface area contributed by atoms with Crippen molar-refractivity contribution in [2.75, 3.05) is 0 Å². The summed E-state index contributed by atoms with van der Waals surface area (Å²) in [6, 6.07) is 8.39. The molecular formula is C8H8NO. The Hall–Kier alpha value is -1.31. The van der Waals surface area contributed by atoms with E-state index in [1.54, 1.807) is 6.07 Å². The Balaban J connectivity index is 3.03. The smallest absolute Gasteiger partial charge is 0.0736 e. The van der Waals surface area contributed by atoms with Gasteiger partial charge in [-0.25, -0.2) is 0 Å². The zero-order chi connectivity index (χ0) is 7.40. The molecule has 0 spiro atoms. The molecule has 0 amide bonds. The van der Waals surface area contributed by atoms with Crippen LogP contribution in [0.4, 0.5) is 0 Å². The van der Waals surface area contributed by atoms with Gasteiger partial charge in [0.25, 0.3) is 0 Å². The molecule has 0 aliphatic heterocycles. The molecule has 0 heterocycles. The van der Waals surface area contributed by atoms with Crippen molar-refractivity contribution in [3.8, 4) is 0 Å². The second-order valence-electron chi connectivity index (χ2n) is 2.03. The molecule has 51 valence electrons. The standard InChI is InChI=1S/C8H8NO/c1-7-4-2-3-5-8(7)6-9-10/h2,4-6,10H,1H3/b9-6-. The summed E-state index contributed by atoms with van der Waals surface area (Å²) in [7, 11) is 0. The van der Waals surface area contributed by atoms with Gasteiger partial charge in [0.1, 0.15) is 0 Å². The number of aryl methyl sites for hydroxylation is 1. The fourth-order valence-electron chi connectivity index (χ4n) is 0.722. The van der Waals surface area contributed by atoms with E-state index >= 15 is 0 Å². The van der Waals surface area contributed by atoms with Crippen molar-refractivity contribution < 1.29 is 5.21 Å². The first kappa shape index (κ1) is 6.81.